The lowest BCUT2D eigenvalue weighted by atomic mass is 9.79. The number of amides is 1. The van der Waals surface area contributed by atoms with Crippen molar-refractivity contribution in [2.75, 3.05) is 13.1 Å². The first-order chi connectivity index (χ1) is 12.9. The van der Waals surface area contributed by atoms with Gasteiger partial charge in [-0.1, -0.05) is 6.08 Å². The van der Waals surface area contributed by atoms with Crippen molar-refractivity contribution in [1.82, 2.24) is 14.7 Å². The first-order valence-corrected chi connectivity index (χ1v) is 9.85. The summed E-state index contributed by atoms with van der Waals surface area (Å²) in [6, 6.07) is 0. The van der Waals surface area contributed by atoms with Gasteiger partial charge in [0.1, 0.15) is 11.2 Å². The topological polar surface area (TPSA) is 73.7 Å². The molecule has 1 amide bonds. The number of ketones is 1. The molecular formula is C21H31N3O4. The monoisotopic (exact) mass is 389 g/mol. The summed E-state index contributed by atoms with van der Waals surface area (Å²) in [5.41, 5.74) is -0.506. The Labute approximate surface area is 166 Å². The number of hydrogen-bond donors (Lipinski definition) is 0. The van der Waals surface area contributed by atoms with Crippen LogP contribution in [0, 0.1) is 0 Å². The second-order valence-corrected chi connectivity index (χ2v) is 9.55. The Hall–Kier alpha value is -2.31. The number of rotatable bonds is 0. The Morgan fingerprint density at radius 3 is 2.32 bits per heavy atom. The van der Waals surface area contributed by atoms with Crippen molar-refractivity contribution in [2.24, 2.45) is 0 Å². The van der Waals surface area contributed by atoms with Gasteiger partial charge < -0.3 is 14.4 Å². The van der Waals surface area contributed by atoms with Crippen molar-refractivity contribution in [3.05, 3.63) is 23.5 Å². The molecule has 28 heavy (non-hydrogen) atoms. The van der Waals surface area contributed by atoms with Crippen LogP contribution in [0.5, 0.6) is 5.75 Å². The van der Waals surface area contributed by atoms with Gasteiger partial charge in [-0.25, -0.2) is 4.79 Å². The van der Waals surface area contributed by atoms with Crippen LogP contribution in [0.1, 0.15) is 71.8 Å². The number of ether oxygens (including phenoxy) is 2. The van der Waals surface area contributed by atoms with E-state index >= 15 is 0 Å². The quantitative estimate of drug-likeness (QED) is 0.629. The fraction of sp³-hybridized carbons (Fsp3) is 0.667. The van der Waals surface area contributed by atoms with E-state index in [1.54, 1.807) is 9.58 Å². The third kappa shape index (κ3) is 3.66. The van der Waals surface area contributed by atoms with Gasteiger partial charge in [0.05, 0.1) is 11.7 Å². The lowest BCUT2D eigenvalue weighted by Gasteiger charge is -2.44. The zero-order valence-electron chi connectivity index (χ0n) is 18.0. The number of likely N-dealkylation sites (tertiary alicyclic amines) is 1. The molecular weight excluding hydrogens is 358 g/mol. The lowest BCUT2D eigenvalue weighted by Crippen LogP contribution is -2.54. The predicted octanol–water partition coefficient (Wildman–Crippen LogP) is 3.93. The largest absolute Gasteiger partial charge is 0.478 e. The molecule has 1 saturated heterocycles. The molecule has 1 aromatic rings. The van der Waals surface area contributed by atoms with Gasteiger partial charge in [0.2, 0.25) is 5.78 Å². The minimum atomic E-state index is -0.719. The van der Waals surface area contributed by atoms with Crippen molar-refractivity contribution in [1.29, 1.82) is 0 Å². The number of carbonyl (C=O) groups is 2. The van der Waals surface area contributed by atoms with Gasteiger partial charge in [-0.15, -0.1) is 0 Å². The van der Waals surface area contributed by atoms with E-state index in [9.17, 15) is 9.59 Å². The van der Waals surface area contributed by atoms with Crippen LogP contribution in [-0.4, -0.2) is 50.8 Å². The Kier molecular flexibility index (Phi) is 4.84. The number of fused-ring (bicyclic) bond motifs is 1. The van der Waals surface area contributed by atoms with E-state index in [0.29, 0.717) is 42.9 Å². The zero-order chi connectivity index (χ0) is 20.9. The van der Waals surface area contributed by atoms with E-state index in [2.05, 4.69) is 5.10 Å². The van der Waals surface area contributed by atoms with Crippen LogP contribution in [0.25, 0.3) is 0 Å². The lowest BCUT2D eigenvalue weighted by molar-refractivity contribution is -0.00582. The predicted molar refractivity (Wildman–Crippen MR) is 106 cm³/mol. The first kappa shape index (κ1) is 20.4. The van der Waals surface area contributed by atoms with Gasteiger partial charge in [-0.3, -0.25) is 9.48 Å². The van der Waals surface area contributed by atoms with Crippen LogP contribution in [-0.2, 0) is 10.3 Å². The number of hydrogen-bond acceptors (Lipinski definition) is 5. The summed E-state index contributed by atoms with van der Waals surface area (Å²) >= 11 is 0. The molecule has 0 unspecified atom stereocenters. The summed E-state index contributed by atoms with van der Waals surface area (Å²) in [4.78, 5) is 27.2. The van der Waals surface area contributed by atoms with Gasteiger partial charge in [0, 0.05) is 31.5 Å². The molecule has 0 bridgehead atoms. The highest BCUT2D eigenvalue weighted by Crippen LogP contribution is 2.43. The molecule has 3 rings (SSSR count). The molecule has 1 spiro atoms. The van der Waals surface area contributed by atoms with E-state index < -0.39 is 11.2 Å². The second-order valence-electron chi connectivity index (χ2n) is 9.55. The summed E-state index contributed by atoms with van der Waals surface area (Å²) in [6.07, 6.45) is 4.38. The number of piperidine rings is 1. The van der Waals surface area contributed by atoms with Crippen LogP contribution in [0.4, 0.5) is 4.79 Å². The summed E-state index contributed by atoms with van der Waals surface area (Å²) < 4.78 is 13.6. The molecule has 0 aromatic carbocycles. The number of carbonyl (C=O) groups excluding carboxylic acids is 2. The first-order valence-electron chi connectivity index (χ1n) is 9.85. The molecule has 0 aliphatic carbocycles. The fourth-order valence-corrected chi connectivity index (χ4v) is 3.68. The number of aromatic nitrogens is 2. The smallest absolute Gasteiger partial charge is 0.410 e. The maximum absolute atomic E-state index is 13.1. The average Bonchev–Trinajstić information content (AvgIpc) is 2.98. The van der Waals surface area contributed by atoms with Crippen LogP contribution in [0.3, 0.4) is 0 Å². The van der Waals surface area contributed by atoms with E-state index in [0.717, 1.165) is 0 Å². The molecule has 154 valence electrons. The number of nitrogens with zero attached hydrogens (tertiary/aromatic N) is 3. The highest BCUT2D eigenvalue weighted by atomic mass is 16.6. The van der Waals surface area contributed by atoms with E-state index in [-0.39, 0.29) is 17.4 Å². The molecule has 2 aliphatic rings. The zero-order valence-corrected chi connectivity index (χ0v) is 18.0. The van der Waals surface area contributed by atoms with Crippen molar-refractivity contribution in [2.45, 2.75) is 78.0 Å². The highest BCUT2D eigenvalue weighted by Gasteiger charge is 2.49. The Morgan fingerprint density at radius 1 is 1.21 bits per heavy atom. The van der Waals surface area contributed by atoms with Crippen molar-refractivity contribution >= 4 is 11.9 Å². The molecule has 0 radical (unpaired) electrons. The van der Waals surface area contributed by atoms with E-state index in [4.69, 9.17) is 9.47 Å². The van der Waals surface area contributed by atoms with Gasteiger partial charge in [0.25, 0.3) is 0 Å². The van der Waals surface area contributed by atoms with Gasteiger partial charge in [-0.05, 0) is 48.5 Å². The molecule has 0 saturated carbocycles. The molecule has 7 nitrogen and oxygen atoms in total. The average molecular weight is 389 g/mol. The molecule has 0 atom stereocenters. The van der Waals surface area contributed by atoms with Crippen molar-refractivity contribution < 1.29 is 19.1 Å². The van der Waals surface area contributed by atoms with Crippen LogP contribution >= 0.6 is 0 Å². The Balaban J connectivity index is 1.84. The summed E-state index contributed by atoms with van der Waals surface area (Å²) in [5.74, 6) is 0.439. The Bertz CT molecular complexity index is 816. The molecule has 2 aliphatic heterocycles. The van der Waals surface area contributed by atoms with E-state index in [1.165, 1.54) is 0 Å². The summed E-state index contributed by atoms with van der Waals surface area (Å²) in [5, 5.41) is 4.48. The number of Topliss-reactive ketones (excluding diaryl/α,β-unsaturated/α-hetero) is 1. The minimum absolute atomic E-state index is 0.0857. The maximum atomic E-state index is 13.1. The van der Waals surface area contributed by atoms with Crippen molar-refractivity contribution in [3.8, 4) is 5.75 Å². The molecule has 7 heteroatoms. The summed E-state index contributed by atoms with van der Waals surface area (Å²) in [7, 11) is 0. The fourth-order valence-electron chi connectivity index (χ4n) is 3.68. The molecule has 1 aromatic heterocycles. The van der Waals surface area contributed by atoms with Gasteiger partial charge in [-0.2, -0.15) is 5.10 Å². The maximum Gasteiger partial charge on any atom is 0.410 e. The molecule has 3 heterocycles. The van der Waals surface area contributed by atoms with Crippen LogP contribution in [0.15, 0.2) is 17.8 Å². The minimum Gasteiger partial charge on any atom is -0.478 e. The van der Waals surface area contributed by atoms with Gasteiger partial charge in [0.15, 0.2) is 11.4 Å². The normalized spacial score (nSPS) is 20.9. The van der Waals surface area contributed by atoms with E-state index in [1.807, 2.05) is 60.7 Å². The Morgan fingerprint density at radius 2 is 1.82 bits per heavy atom. The van der Waals surface area contributed by atoms with Crippen LogP contribution < -0.4 is 4.74 Å². The van der Waals surface area contributed by atoms with Gasteiger partial charge >= 0.3 is 6.09 Å². The standard InChI is InChI=1S/C21H31N3O4/c1-8-14-17(25)16-15(13-24(22-16)19(2,3)4)27-21(14)9-11-23(12-10-21)18(26)28-20(5,6)7/h8,13H,9-12H2,1-7H3/b14-8+. The SMILES string of the molecule is C/C=C1\C(=O)c2nn(C(C)(C)C)cc2OC12CCN(C(=O)OC(C)(C)C)CC2. The number of allylic oxidation sites excluding steroid dienone is 1. The highest BCUT2D eigenvalue weighted by molar-refractivity contribution is 6.11. The van der Waals surface area contributed by atoms with Crippen LogP contribution in [0.2, 0.25) is 0 Å². The van der Waals surface area contributed by atoms with Crippen molar-refractivity contribution in [3.63, 3.8) is 0 Å². The second kappa shape index (κ2) is 6.64. The third-order valence-electron chi connectivity index (χ3n) is 5.14. The summed E-state index contributed by atoms with van der Waals surface area (Å²) in [6.45, 7) is 14.4. The third-order valence-corrected chi connectivity index (χ3v) is 5.14. The molecule has 1 fully saturated rings. The molecule has 0 N–H and O–H groups in total.